The lowest BCUT2D eigenvalue weighted by atomic mass is 10.0. The number of amides is 1. The van der Waals surface area contributed by atoms with Gasteiger partial charge in [0.05, 0.1) is 19.4 Å². The molecule has 1 amide bonds. The van der Waals surface area contributed by atoms with Crippen molar-refractivity contribution in [3.63, 3.8) is 0 Å². The van der Waals surface area contributed by atoms with E-state index in [0.29, 0.717) is 12.0 Å². The summed E-state index contributed by atoms with van der Waals surface area (Å²) in [5, 5.41) is 20.6. The number of benzene rings is 1. The predicted octanol–water partition coefficient (Wildman–Crippen LogP) is 1.52. The summed E-state index contributed by atoms with van der Waals surface area (Å²) in [7, 11) is 1.56. The SMILES string of the molecule is COc1ccc2c(C[C@H](O)C(=O)N[C@@H](CCC(=O)C=N)C(=O)OC(C)C)c[nH]c2c1. The first kappa shape index (κ1) is 23.1. The second-order valence-electron chi connectivity index (χ2n) is 7.14. The standard InChI is InChI=1S/C21H27N3O6/c1-12(2)30-21(28)17(7-4-14(25)10-22)24-20(27)19(26)8-13-11-23-18-9-15(29-3)5-6-16(13)18/h5-6,9-12,17,19,22-23,26H,4,7-8H2,1-3H3,(H,24,27)/t17-,19-/m0/s1. The third-order valence-electron chi connectivity index (χ3n) is 4.48. The highest BCUT2D eigenvalue weighted by atomic mass is 16.5. The van der Waals surface area contributed by atoms with Crippen molar-refractivity contribution in [1.29, 1.82) is 5.41 Å². The molecule has 0 fully saturated rings. The van der Waals surface area contributed by atoms with E-state index in [1.165, 1.54) is 0 Å². The molecule has 2 aromatic rings. The van der Waals surface area contributed by atoms with Gasteiger partial charge in [-0.1, -0.05) is 0 Å². The highest BCUT2D eigenvalue weighted by Gasteiger charge is 2.27. The maximum atomic E-state index is 12.5. The number of H-pyrrole nitrogens is 1. The summed E-state index contributed by atoms with van der Waals surface area (Å²) in [4.78, 5) is 39.2. The molecule has 0 saturated carbocycles. The Balaban J connectivity index is 2.07. The van der Waals surface area contributed by atoms with Crippen molar-refractivity contribution in [1.82, 2.24) is 10.3 Å². The number of carbonyl (C=O) groups is 3. The van der Waals surface area contributed by atoms with E-state index in [4.69, 9.17) is 14.9 Å². The summed E-state index contributed by atoms with van der Waals surface area (Å²) in [5.74, 6) is -1.23. The molecule has 0 unspecified atom stereocenters. The molecule has 2 atom stereocenters. The van der Waals surface area contributed by atoms with Crippen LogP contribution >= 0.6 is 0 Å². The number of Topliss-reactive ketones (excluding diaryl/α,β-unsaturated/α-hetero) is 1. The molecule has 162 valence electrons. The number of esters is 1. The predicted molar refractivity (Wildman–Crippen MR) is 111 cm³/mol. The van der Waals surface area contributed by atoms with Gasteiger partial charge in [0, 0.05) is 36.0 Å². The summed E-state index contributed by atoms with van der Waals surface area (Å²) in [6, 6.07) is 4.33. The Morgan fingerprint density at radius 1 is 1.30 bits per heavy atom. The number of aromatic amines is 1. The van der Waals surface area contributed by atoms with Gasteiger partial charge in [0.1, 0.15) is 17.9 Å². The molecule has 2 rings (SSSR count). The van der Waals surface area contributed by atoms with Crippen molar-refractivity contribution >= 4 is 34.8 Å². The van der Waals surface area contributed by atoms with Crippen molar-refractivity contribution in [3.8, 4) is 5.75 Å². The molecule has 4 N–H and O–H groups in total. The number of ether oxygens (including phenoxy) is 2. The van der Waals surface area contributed by atoms with Crippen LogP contribution in [0.2, 0.25) is 0 Å². The average Bonchev–Trinajstić information content (AvgIpc) is 3.11. The van der Waals surface area contributed by atoms with E-state index in [1.807, 2.05) is 12.1 Å². The maximum absolute atomic E-state index is 12.5. The molecule has 0 aliphatic rings. The number of aromatic nitrogens is 1. The number of methoxy groups -OCH3 is 1. The number of hydrogen-bond donors (Lipinski definition) is 4. The van der Waals surface area contributed by atoms with Crippen LogP contribution in [0.3, 0.4) is 0 Å². The number of fused-ring (bicyclic) bond motifs is 1. The smallest absolute Gasteiger partial charge is 0.328 e. The van der Waals surface area contributed by atoms with Crippen LogP contribution in [0.1, 0.15) is 32.3 Å². The van der Waals surface area contributed by atoms with Gasteiger partial charge in [-0.05, 0) is 38.0 Å². The molecule has 30 heavy (non-hydrogen) atoms. The van der Waals surface area contributed by atoms with Crippen molar-refractivity contribution < 1.29 is 29.0 Å². The molecule has 1 heterocycles. The summed E-state index contributed by atoms with van der Waals surface area (Å²) < 4.78 is 10.3. The minimum Gasteiger partial charge on any atom is -0.497 e. The highest BCUT2D eigenvalue weighted by Crippen LogP contribution is 2.24. The van der Waals surface area contributed by atoms with Crippen LogP contribution in [0.25, 0.3) is 10.9 Å². The highest BCUT2D eigenvalue weighted by molar-refractivity contribution is 6.26. The first-order chi connectivity index (χ1) is 14.2. The van der Waals surface area contributed by atoms with Crippen molar-refractivity contribution in [2.24, 2.45) is 0 Å². The molecule has 0 aliphatic carbocycles. The Hall–Kier alpha value is -3.20. The van der Waals surface area contributed by atoms with Crippen LogP contribution in [0.4, 0.5) is 0 Å². The summed E-state index contributed by atoms with van der Waals surface area (Å²) in [5.41, 5.74) is 1.54. The van der Waals surface area contributed by atoms with Gasteiger partial charge < -0.3 is 30.3 Å². The van der Waals surface area contributed by atoms with Crippen LogP contribution in [0.5, 0.6) is 5.75 Å². The molecule has 0 bridgehead atoms. The van der Waals surface area contributed by atoms with Gasteiger partial charge in [-0.15, -0.1) is 0 Å². The second-order valence-corrected chi connectivity index (χ2v) is 7.14. The van der Waals surface area contributed by atoms with Gasteiger partial charge in [0.15, 0.2) is 5.78 Å². The van der Waals surface area contributed by atoms with E-state index in [1.54, 1.807) is 33.2 Å². The molecule has 1 aromatic heterocycles. The summed E-state index contributed by atoms with van der Waals surface area (Å²) in [6.07, 6.45) is 0.472. The van der Waals surface area contributed by atoms with E-state index < -0.39 is 35.9 Å². The van der Waals surface area contributed by atoms with E-state index in [0.717, 1.165) is 16.5 Å². The summed E-state index contributed by atoms with van der Waals surface area (Å²) in [6.45, 7) is 3.33. The monoisotopic (exact) mass is 417 g/mol. The zero-order valence-corrected chi connectivity index (χ0v) is 17.2. The van der Waals surface area contributed by atoms with Crippen molar-refractivity contribution in [2.75, 3.05) is 7.11 Å². The Morgan fingerprint density at radius 2 is 2.03 bits per heavy atom. The molecule has 9 heteroatoms. The molecule has 9 nitrogen and oxygen atoms in total. The molecule has 0 aliphatic heterocycles. The maximum Gasteiger partial charge on any atom is 0.328 e. The number of rotatable bonds is 11. The third-order valence-corrected chi connectivity index (χ3v) is 4.48. The molecule has 0 saturated heterocycles. The van der Waals surface area contributed by atoms with Gasteiger partial charge >= 0.3 is 5.97 Å². The zero-order valence-electron chi connectivity index (χ0n) is 17.2. The molecule has 0 spiro atoms. The topological polar surface area (TPSA) is 142 Å². The molecular formula is C21H27N3O6. The Bertz CT molecular complexity index is 921. The number of hydrogen-bond acceptors (Lipinski definition) is 7. The lowest BCUT2D eigenvalue weighted by molar-refractivity contribution is -0.152. The van der Waals surface area contributed by atoms with Crippen LogP contribution in [-0.4, -0.2) is 59.3 Å². The van der Waals surface area contributed by atoms with E-state index >= 15 is 0 Å². The van der Waals surface area contributed by atoms with Crippen LogP contribution < -0.4 is 10.1 Å². The van der Waals surface area contributed by atoms with Crippen LogP contribution in [0.15, 0.2) is 24.4 Å². The average molecular weight is 417 g/mol. The quantitative estimate of drug-likeness (QED) is 0.323. The van der Waals surface area contributed by atoms with Gasteiger partial charge in [0.2, 0.25) is 5.91 Å². The fourth-order valence-electron chi connectivity index (χ4n) is 2.95. The normalized spacial score (nSPS) is 13.0. The molecular weight excluding hydrogens is 390 g/mol. The fourth-order valence-corrected chi connectivity index (χ4v) is 2.95. The Labute approximate surface area is 174 Å². The molecule has 1 aromatic carbocycles. The van der Waals surface area contributed by atoms with Crippen molar-refractivity contribution in [3.05, 3.63) is 30.0 Å². The molecule has 0 radical (unpaired) electrons. The van der Waals surface area contributed by atoms with Gasteiger partial charge in [-0.2, -0.15) is 0 Å². The number of aliphatic hydroxyl groups excluding tert-OH is 1. The third kappa shape index (κ3) is 6.15. The number of nitrogens with one attached hydrogen (secondary N) is 3. The number of aliphatic hydroxyl groups is 1. The Morgan fingerprint density at radius 3 is 2.67 bits per heavy atom. The van der Waals surface area contributed by atoms with Gasteiger partial charge in [-0.25, -0.2) is 4.79 Å². The van der Waals surface area contributed by atoms with Gasteiger partial charge in [0.25, 0.3) is 0 Å². The minimum absolute atomic E-state index is 0.0227. The largest absolute Gasteiger partial charge is 0.497 e. The van der Waals surface area contributed by atoms with Crippen molar-refractivity contribution in [2.45, 2.75) is 51.4 Å². The van der Waals surface area contributed by atoms with Crippen LogP contribution in [-0.2, 0) is 25.5 Å². The Kier molecular flexibility index (Phi) is 8.11. The first-order valence-corrected chi connectivity index (χ1v) is 9.61. The minimum atomic E-state index is -1.40. The fraction of sp³-hybridized carbons (Fsp3) is 0.429. The van der Waals surface area contributed by atoms with Gasteiger partial charge in [-0.3, -0.25) is 9.59 Å². The number of ketones is 1. The lowest BCUT2D eigenvalue weighted by Crippen LogP contribution is -2.47. The van der Waals surface area contributed by atoms with Crippen LogP contribution in [0, 0.1) is 5.41 Å². The van der Waals surface area contributed by atoms with E-state index in [-0.39, 0.29) is 19.3 Å². The number of carbonyl (C=O) groups excluding carboxylic acids is 3. The zero-order chi connectivity index (χ0) is 22.3. The van der Waals surface area contributed by atoms with E-state index in [2.05, 4.69) is 10.3 Å². The second kappa shape index (κ2) is 10.5. The first-order valence-electron chi connectivity index (χ1n) is 9.61. The summed E-state index contributed by atoms with van der Waals surface area (Å²) >= 11 is 0. The van der Waals surface area contributed by atoms with E-state index in [9.17, 15) is 19.5 Å². The lowest BCUT2D eigenvalue weighted by Gasteiger charge is -2.20.